The first-order valence-corrected chi connectivity index (χ1v) is 7.99. The summed E-state index contributed by atoms with van der Waals surface area (Å²) in [6.07, 6.45) is 0.836. The molecule has 0 N–H and O–H groups in total. The van der Waals surface area contributed by atoms with E-state index in [0.29, 0.717) is 5.56 Å². The van der Waals surface area contributed by atoms with Crippen molar-refractivity contribution in [2.24, 2.45) is 0 Å². The lowest BCUT2D eigenvalue weighted by Crippen LogP contribution is -1.82. The zero-order valence-corrected chi connectivity index (χ0v) is 13.4. The summed E-state index contributed by atoms with van der Waals surface area (Å²) >= 11 is 0. The zero-order chi connectivity index (χ0) is 17.1. The second kappa shape index (κ2) is 6.51. The number of carbonyl (C=O) groups excluding carboxylic acids is 1. The predicted octanol–water partition coefficient (Wildman–Crippen LogP) is 5.31. The van der Waals surface area contributed by atoms with Crippen LogP contribution in [0.25, 0.3) is 22.3 Å². The van der Waals surface area contributed by atoms with Crippen LogP contribution in [0.2, 0.25) is 0 Å². The molecule has 0 radical (unpaired) electrons. The predicted molar refractivity (Wildman–Crippen MR) is 99.5 cm³/mol. The first kappa shape index (κ1) is 15.0. The fourth-order valence-electron chi connectivity index (χ4n) is 2.76. The Balaban J connectivity index is 1.95. The van der Waals surface area contributed by atoms with Crippen LogP contribution >= 0.6 is 0 Å². The van der Waals surface area contributed by atoms with Crippen molar-refractivity contribution in [1.29, 1.82) is 0 Å². The van der Waals surface area contributed by atoms with Crippen molar-refractivity contribution in [3.05, 3.63) is 95.6 Å². The average Bonchev–Trinajstić information content (AvgIpc) is 3.05. The first-order valence-electron chi connectivity index (χ1n) is 7.99. The van der Waals surface area contributed by atoms with Crippen molar-refractivity contribution < 1.29 is 9.21 Å². The van der Waals surface area contributed by atoms with Gasteiger partial charge in [0.1, 0.15) is 11.9 Å². The standard InChI is InChI=1S/C23H14O2/c24-16-18-12-14-22-21(15-18)20(13-11-17-7-3-1-4-8-17)23(25-22)19-9-5-2-6-10-19/h1-10,12,14-16H. The van der Waals surface area contributed by atoms with Crippen molar-refractivity contribution in [3.63, 3.8) is 0 Å². The van der Waals surface area contributed by atoms with Gasteiger partial charge in [-0.2, -0.15) is 0 Å². The lowest BCUT2D eigenvalue weighted by atomic mass is 10.0. The summed E-state index contributed by atoms with van der Waals surface area (Å²) in [7, 11) is 0. The fourth-order valence-corrected chi connectivity index (χ4v) is 2.76. The van der Waals surface area contributed by atoms with Crippen molar-refractivity contribution >= 4 is 17.3 Å². The number of hydrogen-bond donors (Lipinski definition) is 0. The number of benzene rings is 3. The van der Waals surface area contributed by atoms with Crippen LogP contribution < -0.4 is 0 Å². The minimum atomic E-state index is 0.607. The minimum absolute atomic E-state index is 0.607. The van der Waals surface area contributed by atoms with E-state index in [0.717, 1.165) is 39.7 Å². The molecule has 0 amide bonds. The van der Waals surface area contributed by atoms with Crippen LogP contribution in [-0.4, -0.2) is 6.29 Å². The molecule has 0 aliphatic carbocycles. The van der Waals surface area contributed by atoms with Gasteiger partial charge in [0.25, 0.3) is 0 Å². The van der Waals surface area contributed by atoms with Gasteiger partial charge in [0.05, 0.1) is 5.56 Å². The normalized spacial score (nSPS) is 10.2. The topological polar surface area (TPSA) is 30.2 Å². The summed E-state index contributed by atoms with van der Waals surface area (Å²) in [5, 5.41) is 0.854. The van der Waals surface area contributed by atoms with Gasteiger partial charge in [-0.3, -0.25) is 4.79 Å². The summed E-state index contributed by atoms with van der Waals surface area (Å²) in [5.74, 6) is 7.16. The lowest BCUT2D eigenvalue weighted by molar-refractivity contribution is 0.112. The van der Waals surface area contributed by atoms with Gasteiger partial charge in [0.2, 0.25) is 0 Å². The smallest absolute Gasteiger partial charge is 0.151 e. The molecule has 2 nitrogen and oxygen atoms in total. The SMILES string of the molecule is O=Cc1ccc2oc(-c3ccccc3)c(C#Cc3ccccc3)c2c1. The number of aldehydes is 1. The highest BCUT2D eigenvalue weighted by molar-refractivity contribution is 5.94. The molecule has 4 rings (SSSR count). The van der Waals surface area contributed by atoms with Crippen molar-refractivity contribution in [1.82, 2.24) is 0 Å². The van der Waals surface area contributed by atoms with Gasteiger partial charge < -0.3 is 4.42 Å². The Morgan fingerprint density at radius 2 is 1.52 bits per heavy atom. The van der Waals surface area contributed by atoms with Crippen molar-refractivity contribution in [2.45, 2.75) is 0 Å². The average molecular weight is 322 g/mol. The Hall–Kier alpha value is -3.57. The van der Waals surface area contributed by atoms with Gasteiger partial charge in [-0.25, -0.2) is 0 Å². The molecule has 0 spiro atoms. The number of carbonyl (C=O) groups is 1. The van der Waals surface area contributed by atoms with Gasteiger partial charge in [0.15, 0.2) is 5.76 Å². The Labute approximate surface area is 145 Å². The highest BCUT2D eigenvalue weighted by atomic mass is 16.3. The van der Waals surface area contributed by atoms with E-state index in [4.69, 9.17) is 4.42 Å². The minimum Gasteiger partial charge on any atom is -0.455 e. The molecule has 0 aliphatic rings. The molecule has 0 bridgehead atoms. The highest BCUT2D eigenvalue weighted by Gasteiger charge is 2.14. The summed E-state index contributed by atoms with van der Waals surface area (Å²) in [4.78, 5) is 11.2. The van der Waals surface area contributed by atoms with Gasteiger partial charge in [-0.1, -0.05) is 60.4 Å². The maximum absolute atomic E-state index is 11.2. The van der Waals surface area contributed by atoms with Crippen molar-refractivity contribution in [2.75, 3.05) is 0 Å². The molecule has 0 fully saturated rings. The fraction of sp³-hybridized carbons (Fsp3) is 0. The Morgan fingerprint density at radius 1 is 0.800 bits per heavy atom. The van der Waals surface area contributed by atoms with Crippen LogP contribution in [-0.2, 0) is 0 Å². The van der Waals surface area contributed by atoms with Crippen molar-refractivity contribution in [3.8, 4) is 23.2 Å². The summed E-state index contributed by atoms with van der Waals surface area (Å²) in [5.41, 5.74) is 4.03. The second-order valence-corrected chi connectivity index (χ2v) is 5.66. The van der Waals surface area contributed by atoms with Crippen LogP contribution in [0.5, 0.6) is 0 Å². The third-order valence-electron chi connectivity index (χ3n) is 3.99. The molecule has 2 heteroatoms. The summed E-state index contributed by atoms with van der Waals surface area (Å²) < 4.78 is 6.05. The van der Waals surface area contributed by atoms with Gasteiger partial charge in [-0.05, 0) is 30.3 Å². The molecule has 118 valence electrons. The maximum Gasteiger partial charge on any atom is 0.151 e. The largest absolute Gasteiger partial charge is 0.455 e. The maximum atomic E-state index is 11.2. The molecule has 0 atom stereocenters. The Kier molecular flexibility index (Phi) is 3.90. The number of hydrogen-bond acceptors (Lipinski definition) is 2. The van der Waals surface area contributed by atoms with E-state index in [1.807, 2.05) is 72.8 Å². The van der Waals surface area contributed by atoms with E-state index in [1.54, 1.807) is 6.07 Å². The van der Waals surface area contributed by atoms with Gasteiger partial charge >= 0.3 is 0 Å². The zero-order valence-electron chi connectivity index (χ0n) is 13.4. The summed E-state index contributed by atoms with van der Waals surface area (Å²) in [6, 6.07) is 25.1. The highest BCUT2D eigenvalue weighted by Crippen LogP contribution is 2.33. The first-order chi connectivity index (χ1) is 12.3. The number of rotatable bonds is 2. The van der Waals surface area contributed by atoms with Crippen LogP contribution in [0.4, 0.5) is 0 Å². The number of fused-ring (bicyclic) bond motifs is 1. The third kappa shape index (κ3) is 2.96. The molecule has 0 aliphatic heterocycles. The van der Waals surface area contributed by atoms with Crippen LogP contribution in [0.3, 0.4) is 0 Å². The van der Waals surface area contributed by atoms with E-state index in [1.165, 1.54) is 0 Å². The van der Waals surface area contributed by atoms with Gasteiger partial charge in [-0.15, -0.1) is 0 Å². The van der Waals surface area contributed by atoms with E-state index in [2.05, 4.69) is 11.8 Å². The van der Waals surface area contributed by atoms with E-state index in [-0.39, 0.29) is 0 Å². The third-order valence-corrected chi connectivity index (χ3v) is 3.99. The summed E-state index contributed by atoms with van der Waals surface area (Å²) in [6.45, 7) is 0. The van der Waals surface area contributed by atoms with Crippen LogP contribution in [0, 0.1) is 11.8 Å². The Morgan fingerprint density at radius 3 is 2.24 bits per heavy atom. The van der Waals surface area contributed by atoms with E-state index in [9.17, 15) is 4.79 Å². The molecule has 0 saturated heterocycles. The Bertz CT molecular complexity index is 1090. The molecule has 4 aromatic rings. The molecule has 3 aromatic carbocycles. The quantitative estimate of drug-likeness (QED) is 0.370. The van der Waals surface area contributed by atoms with Crippen LogP contribution in [0.1, 0.15) is 21.5 Å². The molecule has 0 unspecified atom stereocenters. The van der Waals surface area contributed by atoms with Crippen LogP contribution in [0.15, 0.2) is 83.3 Å². The molecule has 25 heavy (non-hydrogen) atoms. The van der Waals surface area contributed by atoms with Gasteiger partial charge in [0, 0.05) is 22.1 Å². The monoisotopic (exact) mass is 322 g/mol. The molecule has 1 aromatic heterocycles. The number of furan rings is 1. The molecule has 0 saturated carbocycles. The second-order valence-electron chi connectivity index (χ2n) is 5.66. The molecule has 1 heterocycles. The molecular weight excluding hydrogens is 308 g/mol. The lowest BCUT2D eigenvalue weighted by Gasteiger charge is -1.97. The van der Waals surface area contributed by atoms with E-state index >= 15 is 0 Å². The van der Waals surface area contributed by atoms with E-state index < -0.39 is 0 Å². The molecular formula is C23H14O2.